The average molecular weight is 345 g/mol. The highest BCUT2D eigenvalue weighted by Gasteiger charge is 2.26. The smallest absolute Gasteiger partial charge is 0.223 e. The highest BCUT2D eigenvalue weighted by atomic mass is 35.5. The number of hydrogen-bond acceptors (Lipinski definition) is 6. The lowest BCUT2D eigenvalue weighted by molar-refractivity contribution is -0.0379. The third kappa shape index (κ3) is 3.13. The zero-order valence-electron chi connectivity index (χ0n) is 13.3. The number of benzene rings is 1. The molecule has 24 heavy (non-hydrogen) atoms. The van der Waals surface area contributed by atoms with Gasteiger partial charge >= 0.3 is 0 Å². The van der Waals surface area contributed by atoms with Crippen molar-refractivity contribution in [3.8, 4) is 0 Å². The van der Waals surface area contributed by atoms with Crippen molar-refractivity contribution < 1.29 is 9.26 Å². The van der Waals surface area contributed by atoms with Crippen LogP contribution in [-0.4, -0.2) is 39.7 Å². The molecule has 1 atom stereocenters. The van der Waals surface area contributed by atoms with Gasteiger partial charge in [-0.3, -0.25) is 9.88 Å². The molecule has 1 saturated heterocycles. The largest absolute Gasteiger partial charge is 0.367 e. The summed E-state index contributed by atoms with van der Waals surface area (Å²) in [6.07, 6.45) is 1.64. The molecule has 0 amide bonds. The lowest BCUT2D eigenvalue weighted by Crippen LogP contribution is -2.38. The van der Waals surface area contributed by atoms with Crippen LogP contribution in [-0.2, 0) is 11.3 Å². The summed E-state index contributed by atoms with van der Waals surface area (Å²) < 4.78 is 10.8. The van der Waals surface area contributed by atoms with Crippen LogP contribution in [0, 0.1) is 6.92 Å². The fraction of sp³-hybridized carbons (Fsp3) is 0.353. The van der Waals surface area contributed by atoms with Crippen LogP contribution in [0.15, 0.2) is 35.0 Å². The van der Waals surface area contributed by atoms with Gasteiger partial charge in [0.1, 0.15) is 6.10 Å². The van der Waals surface area contributed by atoms with E-state index in [4.69, 9.17) is 20.9 Å². The SMILES string of the molecule is Cc1nc([C@@H]2CN(Cc3cc(Cl)cc4cccnc34)CCO2)no1. The number of ether oxygens (including phenoxy) is 1. The molecule has 3 heterocycles. The first-order valence-electron chi connectivity index (χ1n) is 7.86. The predicted octanol–water partition coefficient (Wildman–Crippen LogP) is 3.15. The van der Waals surface area contributed by atoms with Gasteiger partial charge in [0.05, 0.1) is 12.1 Å². The van der Waals surface area contributed by atoms with E-state index in [-0.39, 0.29) is 6.10 Å². The number of halogens is 1. The van der Waals surface area contributed by atoms with Gasteiger partial charge in [0.15, 0.2) is 0 Å². The first-order valence-corrected chi connectivity index (χ1v) is 8.24. The number of morpholine rings is 1. The second-order valence-electron chi connectivity index (χ2n) is 5.91. The monoisotopic (exact) mass is 344 g/mol. The minimum atomic E-state index is -0.172. The molecule has 0 N–H and O–H groups in total. The second kappa shape index (κ2) is 6.47. The molecule has 2 aromatic heterocycles. The molecular weight excluding hydrogens is 328 g/mol. The molecule has 4 rings (SSSR count). The van der Waals surface area contributed by atoms with Crippen LogP contribution in [0.1, 0.15) is 23.4 Å². The van der Waals surface area contributed by atoms with Crippen molar-refractivity contribution in [3.05, 3.63) is 52.8 Å². The van der Waals surface area contributed by atoms with Gasteiger partial charge in [-0.25, -0.2) is 0 Å². The molecule has 1 aromatic carbocycles. The molecule has 1 fully saturated rings. The van der Waals surface area contributed by atoms with Gasteiger partial charge < -0.3 is 9.26 Å². The minimum absolute atomic E-state index is 0.172. The fourth-order valence-corrected chi connectivity index (χ4v) is 3.29. The van der Waals surface area contributed by atoms with Gasteiger partial charge in [0.2, 0.25) is 11.7 Å². The summed E-state index contributed by atoms with van der Waals surface area (Å²) in [5, 5.41) is 5.75. The van der Waals surface area contributed by atoms with Crippen LogP contribution in [0.5, 0.6) is 0 Å². The Morgan fingerprint density at radius 3 is 3.12 bits per heavy atom. The van der Waals surface area contributed by atoms with Gasteiger partial charge in [-0.2, -0.15) is 4.98 Å². The van der Waals surface area contributed by atoms with Gasteiger partial charge in [0, 0.05) is 43.2 Å². The maximum atomic E-state index is 6.27. The quantitative estimate of drug-likeness (QED) is 0.727. The van der Waals surface area contributed by atoms with Crippen molar-refractivity contribution in [2.45, 2.75) is 19.6 Å². The molecule has 3 aromatic rings. The van der Waals surface area contributed by atoms with E-state index >= 15 is 0 Å². The summed E-state index contributed by atoms with van der Waals surface area (Å²) in [5.41, 5.74) is 2.10. The van der Waals surface area contributed by atoms with Crippen molar-refractivity contribution >= 4 is 22.5 Å². The van der Waals surface area contributed by atoms with Crippen LogP contribution in [0.3, 0.4) is 0 Å². The third-order valence-corrected chi connectivity index (χ3v) is 4.34. The molecule has 0 radical (unpaired) electrons. The first-order chi connectivity index (χ1) is 11.7. The Bertz CT molecular complexity index is 867. The number of pyridine rings is 1. The van der Waals surface area contributed by atoms with Gasteiger partial charge in [0.25, 0.3) is 0 Å². The van der Waals surface area contributed by atoms with Crippen LogP contribution >= 0.6 is 11.6 Å². The standard InChI is InChI=1S/C17H17ClN4O2/c1-11-20-17(21-24-11)15-10-22(5-6-23-15)9-13-8-14(18)7-12-3-2-4-19-16(12)13/h2-4,7-8,15H,5-6,9-10H2,1H3/t15-/m0/s1. The molecule has 1 aliphatic rings. The van der Waals surface area contributed by atoms with E-state index in [0.717, 1.165) is 34.6 Å². The number of nitrogens with zero attached hydrogens (tertiary/aromatic N) is 4. The van der Waals surface area contributed by atoms with E-state index in [1.54, 1.807) is 6.92 Å². The highest BCUT2D eigenvalue weighted by molar-refractivity contribution is 6.31. The average Bonchev–Trinajstić information content (AvgIpc) is 3.01. The first kappa shape index (κ1) is 15.5. The molecule has 0 bridgehead atoms. The minimum Gasteiger partial charge on any atom is -0.367 e. The molecule has 124 valence electrons. The Labute approximate surface area is 144 Å². The third-order valence-electron chi connectivity index (χ3n) is 4.12. The number of hydrogen-bond donors (Lipinski definition) is 0. The Hall–Kier alpha value is -2.02. The lowest BCUT2D eigenvalue weighted by atomic mass is 10.1. The molecule has 0 spiro atoms. The van der Waals surface area contributed by atoms with E-state index in [0.29, 0.717) is 24.9 Å². The van der Waals surface area contributed by atoms with E-state index in [1.165, 1.54) is 0 Å². The van der Waals surface area contributed by atoms with Gasteiger partial charge in [-0.1, -0.05) is 22.8 Å². The Morgan fingerprint density at radius 1 is 1.38 bits per heavy atom. The summed E-state index contributed by atoms with van der Waals surface area (Å²) in [7, 11) is 0. The lowest BCUT2D eigenvalue weighted by Gasteiger charge is -2.31. The maximum Gasteiger partial charge on any atom is 0.223 e. The molecule has 0 unspecified atom stereocenters. The second-order valence-corrected chi connectivity index (χ2v) is 6.34. The van der Waals surface area contributed by atoms with Crippen LogP contribution in [0.25, 0.3) is 10.9 Å². The number of fused-ring (bicyclic) bond motifs is 1. The highest BCUT2D eigenvalue weighted by Crippen LogP contribution is 2.26. The van der Waals surface area contributed by atoms with Crippen molar-refractivity contribution in [1.82, 2.24) is 20.0 Å². The van der Waals surface area contributed by atoms with Crippen molar-refractivity contribution in [2.75, 3.05) is 19.7 Å². The van der Waals surface area contributed by atoms with E-state index in [1.807, 2.05) is 30.5 Å². The summed E-state index contributed by atoms with van der Waals surface area (Å²) in [6, 6.07) is 7.88. The van der Waals surface area contributed by atoms with Crippen molar-refractivity contribution in [2.24, 2.45) is 0 Å². The molecule has 0 saturated carbocycles. The number of aryl methyl sites for hydroxylation is 1. The van der Waals surface area contributed by atoms with Gasteiger partial charge in [-0.15, -0.1) is 0 Å². The fourth-order valence-electron chi connectivity index (χ4n) is 3.04. The Balaban J connectivity index is 1.57. The Morgan fingerprint density at radius 2 is 2.29 bits per heavy atom. The molecule has 1 aliphatic heterocycles. The summed E-state index contributed by atoms with van der Waals surface area (Å²) in [4.78, 5) is 11.1. The summed E-state index contributed by atoms with van der Waals surface area (Å²) >= 11 is 6.27. The topological polar surface area (TPSA) is 64.3 Å². The normalized spacial score (nSPS) is 19.0. The predicted molar refractivity (Wildman–Crippen MR) is 89.8 cm³/mol. The molecule has 7 heteroatoms. The maximum absolute atomic E-state index is 6.27. The van der Waals surface area contributed by atoms with Crippen LogP contribution in [0.2, 0.25) is 5.02 Å². The van der Waals surface area contributed by atoms with Gasteiger partial charge in [-0.05, 0) is 23.8 Å². The molecular formula is C17H17ClN4O2. The summed E-state index contributed by atoms with van der Waals surface area (Å²) in [5.74, 6) is 1.15. The van der Waals surface area contributed by atoms with E-state index < -0.39 is 0 Å². The zero-order valence-corrected chi connectivity index (χ0v) is 14.0. The van der Waals surface area contributed by atoms with Crippen molar-refractivity contribution in [1.29, 1.82) is 0 Å². The number of rotatable bonds is 3. The summed E-state index contributed by atoms with van der Waals surface area (Å²) in [6.45, 7) is 4.71. The van der Waals surface area contributed by atoms with Crippen molar-refractivity contribution in [3.63, 3.8) is 0 Å². The van der Waals surface area contributed by atoms with E-state index in [9.17, 15) is 0 Å². The molecule has 6 nitrogen and oxygen atoms in total. The Kier molecular flexibility index (Phi) is 4.18. The van der Waals surface area contributed by atoms with Crippen LogP contribution < -0.4 is 0 Å². The molecule has 0 aliphatic carbocycles. The van der Waals surface area contributed by atoms with E-state index in [2.05, 4.69) is 20.0 Å². The number of aromatic nitrogens is 3. The van der Waals surface area contributed by atoms with Crippen LogP contribution in [0.4, 0.5) is 0 Å². The zero-order chi connectivity index (χ0) is 16.5.